The average Bonchev–Trinajstić information content (AvgIpc) is 2.95. The van der Waals surface area contributed by atoms with Crippen molar-refractivity contribution in [2.24, 2.45) is 7.05 Å². The first kappa shape index (κ1) is 12.9. The minimum absolute atomic E-state index is 0.186. The van der Waals surface area contributed by atoms with Gasteiger partial charge in [-0.1, -0.05) is 0 Å². The Morgan fingerprint density at radius 1 is 1.30 bits per heavy atom. The smallest absolute Gasteiger partial charge is 0.226 e. The third-order valence-corrected chi connectivity index (χ3v) is 3.09. The standard InChI is InChI=1S/C12H14ClN7/c1-7(2)20-6-14-9-10(17-12(13)18-11(9)20)16-8-4-15-19(3)5-8/h4-7H,1-3H3,(H,16,17,18). The lowest BCUT2D eigenvalue weighted by atomic mass is 10.4. The van der Waals surface area contributed by atoms with Crippen LogP contribution < -0.4 is 5.32 Å². The van der Waals surface area contributed by atoms with Crippen LogP contribution in [0.1, 0.15) is 19.9 Å². The van der Waals surface area contributed by atoms with Gasteiger partial charge in [0, 0.05) is 19.3 Å². The van der Waals surface area contributed by atoms with E-state index in [0.717, 1.165) is 5.69 Å². The van der Waals surface area contributed by atoms with Crippen molar-refractivity contribution in [3.63, 3.8) is 0 Å². The predicted molar refractivity (Wildman–Crippen MR) is 77.2 cm³/mol. The molecule has 0 saturated carbocycles. The van der Waals surface area contributed by atoms with Gasteiger partial charge in [0.15, 0.2) is 17.0 Å². The Labute approximate surface area is 120 Å². The van der Waals surface area contributed by atoms with Crippen molar-refractivity contribution in [2.45, 2.75) is 19.9 Å². The van der Waals surface area contributed by atoms with Gasteiger partial charge in [-0.3, -0.25) is 4.68 Å². The fraction of sp³-hybridized carbons (Fsp3) is 0.333. The first-order chi connectivity index (χ1) is 9.54. The number of anilines is 2. The summed E-state index contributed by atoms with van der Waals surface area (Å²) in [6.07, 6.45) is 5.30. The third kappa shape index (κ3) is 2.20. The van der Waals surface area contributed by atoms with Crippen LogP contribution in [0.25, 0.3) is 11.2 Å². The Hall–Kier alpha value is -2.15. The molecular weight excluding hydrogens is 278 g/mol. The largest absolute Gasteiger partial charge is 0.336 e. The molecule has 0 atom stereocenters. The molecule has 0 amide bonds. The Kier molecular flexibility index (Phi) is 3.06. The number of hydrogen-bond donors (Lipinski definition) is 1. The molecule has 7 nitrogen and oxygen atoms in total. The summed E-state index contributed by atoms with van der Waals surface area (Å²) in [6, 6.07) is 0.247. The van der Waals surface area contributed by atoms with Crippen molar-refractivity contribution in [3.05, 3.63) is 24.0 Å². The maximum absolute atomic E-state index is 6.00. The number of aryl methyl sites for hydroxylation is 1. The van der Waals surface area contributed by atoms with Gasteiger partial charge >= 0.3 is 0 Å². The fourth-order valence-electron chi connectivity index (χ4n) is 1.98. The number of aromatic nitrogens is 6. The molecule has 0 aliphatic heterocycles. The Morgan fingerprint density at radius 3 is 2.75 bits per heavy atom. The van der Waals surface area contributed by atoms with Crippen LogP contribution in [0.4, 0.5) is 11.5 Å². The maximum atomic E-state index is 6.00. The second kappa shape index (κ2) is 4.75. The lowest BCUT2D eigenvalue weighted by molar-refractivity contribution is 0.612. The van der Waals surface area contributed by atoms with Gasteiger partial charge in [-0.2, -0.15) is 15.1 Å². The number of imidazole rings is 1. The number of fused-ring (bicyclic) bond motifs is 1. The molecule has 0 fully saturated rings. The van der Waals surface area contributed by atoms with Crippen molar-refractivity contribution < 1.29 is 0 Å². The van der Waals surface area contributed by atoms with Crippen LogP contribution in [-0.4, -0.2) is 29.3 Å². The van der Waals surface area contributed by atoms with E-state index < -0.39 is 0 Å². The molecule has 3 heterocycles. The zero-order chi connectivity index (χ0) is 14.3. The second-order valence-electron chi connectivity index (χ2n) is 4.79. The van der Waals surface area contributed by atoms with Gasteiger partial charge in [0.05, 0.1) is 18.2 Å². The van der Waals surface area contributed by atoms with E-state index in [9.17, 15) is 0 Å². The van der Waals surface area contributed by atoms with E-state index in [0.29, 0.717) is 17.0 Å². The van der Waals surface area contributed by atoms with Crippen LogP contribution in [0.2, 0.25) is 5.28 Å². The van der Waals surface area contributed by atoms with Gasteiger partial charge in [-0.25, -0.2) is 4.98 Å². The molecule has 0 spiro atoms. The van der Waals surface area contributed by atoms with Crippen molar-refractivity contribution in [2.75, 3.05) is 5.32 Å². The van der Waals surface area contributed by atoms with Gasteiger partial charge < -0.3 is 9.88 Å². The van der Waals surface area contributed by atoms with E-state index >= 15 is 0 Å². The molecule has 1 N–H and O–H groups in total. The molecule has 0 radical (unpaired) electrons. The zero-order valence-corrected chi connectivity index (χ0v) is 12.1. The number of nitrogens with one attached hydrogen (secondary N) is 1. The van der Waals surface area contributed by atoms with Crippen LogP contribution in [0.15, 0.2) is 18.7 Å². The van der Waals surface area contributed by atoms with Gasteiger partial charge in [0.2, 0.25) is 5.28 Å². The molecule has 0 aliphatic carbocycles. The quantitative estimate of drug-likeness (QED) is 0.751. The minimum atomic E-state index is 0.186. The summed E-state index contributed by atoms with van der Waals surface area (Å²) in [5.41, 5.74) is 2.22. The Morgan fingerprint density at radius 2 is 2.10 bits per heavy atom. The number of halogens is 1. The van der Waals surface area contributed by atoms with Crippen molar-refractivity contribution >= 4 is 34.3 Å². The van der Waals surface area contributed by atoms with Crippen LogP contribution >= 0.6 is 11.6 Å². The number of rotatable bonds is 3. The van der Waals surface area contributed by atoms with E-state index in [-0.39, 0.29) is 11.3 Å². The minimum Gasteiger partial charge on any atom is -0.336 e. The van der Waals surface area contributed by atoms with Crippen LogP contribution in [0.5, 0.6) is 0 Å². The number of nitrogens with zero attached hydrogens (tertiary/aromatic N) is 6. The van der Waals surface area contributed by atoms with Gasteiger partial charge in [0.1, 0.15) is 0 Å². The molecule has 3 aromatic heterocycles. The molecule has 0 saturated heterocycles. The predicted octanol–water partition coefficient (Wildman–Crippen LogP) is 2.54. The lowest BCUT2D eigenvalue weighted by Gasteiger charge is -2.08. The molecule has 20 heavy (non-hydrogen) atoms. The summed E-state index contributed by atoms with van der Waals surface area (Å²) in [6.45, 7) is 4.12. The van der Waals surface area contributed by atoms with Gasteiger partial charge in [0.25, 0.3) is 0 Å². The topological polar surface area (TPSA) is 73.5 Å². The van der Waals surface area contributed by atoms with E-state index in [1.807, 2.05) is 17.8 Å². The van der Waals surface area contributed by atoms with Crippen molar-refractivity contribution in [3.8, 4) is 0 Å². The SMILES string of the molecule is CC(C)n1cnc2c(Nc3cnn(C)c3)nc(Cl)nc21. The van der Waals surface area contributed by atoms with Crippen molar-refractivity contribution in [1.29, 1.82) is 0 Å². The summed E-state index contributed by atoms with van der Waals surface area (Å²) < 4.78 is 3.66. The Balaban J connectivity index is 2.10. The summed E-state index contributed by atoms with van der Waals surface area (Å²) in [7, 11) is 1.85. The summed E-state index contributed by atoms with van der Waals surface area (Å²) in [5, 5.41) is 7.45. The van der Waals surface area contributed by atoms with Crippen molar-refractivity contribution in [1.82, 2.24) is 29.3 Å². The third-order valence-electron chi connectivity index (χ3n) is 2.92. The summed E-state index contributed by atoms with van der Waals surface area (Å²) in [5.74, 6) is 0.576. The second-order valence-corrected chi connectivity index (χ2v) is 5.12. The normalized spacial score (nSPS) is 11.4. The highest BCUT2D eigenvalue weighted by molar-refractivity contribution is 6.28. The van der Waals surface area contributed by atoms with E-state index in [4.69, 9.17) is 11.6 Å². The van der Waals surface area contributed by atoms with Crippen LogP contribution in [0.3, 0.4) is 0 Å². The first-order valence-electron chi connectivity index (χ1n) is 6.20. The highest BCUT2D eigenvalue weighted by atomic mass is 35.5. The molecule has 104 valence electrons. The lowest BCUT2D eigenvalue weighted by Crippen LogP contribution is -2.02. The molecule has 8 heteroatoms. The Bertz CT molecular complexity index is 758. The van der Waals surface area contributed by atoms with Gasteiger partial charge in [-0.15, -0.1) is 0 Å². The molecular formula is C12H14ClN7. The van der Waals surface area contributed by atoms with Crippen LogP contribution in [0, 0.1) is 0 Å². The molecule has 0 unspecified atom stereocenters. The van der Waals surface area contributed by atoms with E-state index in [2.05, 4.69) is 39.2 Å². The molecule has 0 aromatic carbocycles. The monoisotopic (exact) mass is 291 g/mol. The van der Waals surface area contributed by atoms with E-state index in [1.165, 1.54) is 0 Å². The van der Waals surface area contributed by atoms with E-state index in [1.54, 1.807) is 17.2 Å². The summed E-state index contributed by atoms with van der Waals surface area (Å²) >= 11 is 6.00. The molecule has 3 rings (SSSR count). The summed E-state index contributed by atoms with van der Waals surface area (Å²) in [4.78, 5) is 12.8. The average molecular weight is 292 g/mol. The molecule has 0 aliphatic rings. The maximum Gasteiger partial charge on any atom is 0.226 e. The number of hydrogen-bond acceptors (Lipinski definition) is 5. The first-order valence-corrected chi connectivity index (χ1v) is 6.58. The zero-order valence-electron chi connectivity index (χ0n) is 11.4. The highest BCUT2D eigenvalue weighted by Crippen LogP contribution is 2.25. The van der Waals surface area contributed by atoms with Gasteiger partial charge in [-0.05, 0) is 25.4 Å². The highest BCUT2D eigenvalue weighted by Gasteiger charge is 2.14. The molecule has 0 bridgehead atoms. The molecule has 3 aromatic rings. The fourth-order valence-corrected chi connectivity index (χ4v) is 2.14. The van der Waals surface area contributed by atoms with Crippen LogP contribution in [-0.2, 0) is 7.05 Å².